The molecule has 10 heteroatoms. The van der Waals surface area contributed by atoms with Crippen molar-refractivity contribution >= 4 is 21.7 Å². The van der Waals surface area contributed by atoms with Gasteiger partial charge in [0.05, 0.1) is 11.5 Å². The van der Waals surface area contributed by atoms with E-state index in [-0.39, 0.29) is 35.4 Å². The topological polar surface area (TPSA) is 129 Å². The molecule has 106 valence electrons. The zero-order valence-corrected chi connectivity index (χ0v) is 11.3. The number of hydrogen-bond acceptors (Lipinski definition) is 8. The van der Waals surface area contributed by atoms with Crippen molar-refractivity contribution in [3.63, 3.8) is 0 Å². The van der Waals surface area contributed by atoms with Crippen molar-refractivity contribution in [1.82, 2.24) is 24.7 Å². The maximum Gasteiger partial charge on any atom is 0.257 e. The second-order valence-electron chi connectivity index (χ2n) is 4.51. The summed E-state index contributed by atoms with van der Waals surface area (Å²) < 4.78 is 24.3. The predicted octanol–water partition coefficient (Wildman–Crippen LogP) is -0.761. The molecule has 3 heterocycles. The van der Waals surface area contributed by atoms with Gasteiger partial charge in [-0.25, -0.2) is 13.1 Å². The summed E-state index contributed by atoms with van der Waals surface area (Å²) in [5.74, 6) is 0.845. The van der Waals surface area contributed by atoms with Gasteiger partial charge < -0.3 is 11.1 Å². The predicted molar refractivity (Wildman–Crippen MR) is 72.0 cm³/mol. The Morgan fingerprint density at radius 3 is 2.85 bits per heavy atom. The van der Waals surface area contributed by atoms with E-state index in [9.17, 15) is 8.42 Å². The summed E-state index contributed by atoms with van der Waals surface area (Å²) in [6.45, 7) is 0. The van der Waals surface area contributed by atoms with Gasteiger partial charge in [-0.15, -0.1) is 0 Å². The molecule has 2 aromatic rings. The van der Waals surface area contributed by atoms with Gasteiger partial charge in [0.1, 0.15) is 0 Å². The second-order valence-corrected chi connectivity index (χ2v) is 6.74. The molecule has 2 aromatic heterocycles. The number of nitrogen functional groups attached to an aromatic ring is 1. The first-order chi connectivity index (χ1) is 9.52. The Labute approximate surface area is 115 Å². The zero-order valence-electron chi connectivity index (χ0n) is 10.5. The molecule has 1 aliphatic heterocycles. The standard InChI is InChI=1S/C10H13N7O2S/c11-8-14-9(13-7-2-5-20(18,19)6-7)16-10(15-8)17-4-1-3-12-17/h1,3-4,7H,2,5-6H2,(H3,11,13,14,15,16). The molecule has 0 saturated carbocycles. The Balaban J connectivity index is 1.84. The van der Waals surface area contributed by atoms with Gasteiger partial charge >= 0.3 is 0 Å². The van der Waals surface area contributed by atoms with Crippen LogP contribution in [0, 0.1) is 0 Å². The Kier molecular flexibility index (Phi) is 3.01. The van der Waals surface area contributed by atoms with Crippen LogP contribution in [0.2, 0.25) is 0 Å². The number of nitrogens with one attached hydrogen (secondary N) is 1. The lowest BCUT2D eigenvalue weighted by atomic mass is 10.3. The minimum absolute atomic E-state index is 0.0499. The Morgan fingerprint density at radius 1 is 1.35 bits per heavy atom. The third-order valence-electron chi connectivity index (χ3n) is 2.92. The van der Waals surface area contributed by atoms with Crippen LogP contribution in [-0.4, -0.2) is 50.7 Å². The SMILES string of the molecule is Nc1nc(NC2CCS(=O)(=O)C2)nc(-n2cccn2)n1. The van der Waals surface area contributed by atoms with Crippen molar-refractivity contribution in [2.45, 2.75) is 12.5 Å². The molecular weight excluding hydrogens is 282 g/mol. The lowest BCUT2D eigenvalue weighted by Gasteiger charge is -2.11. The highest BCUT2D eigenvalue weighted by Gasteiger charge is 2.28. The molecule has 9 nitrogen and oxygen atoms in total. The Bertz CT molecular complexity index is 713. The smallest absolute Gasteiger partial charge is 0.257 e. The number of hydrogen-bond donors (Lipinski definition) is 2. The van der Waals surface area contributed by atoms with Crippen LogP contribution < -0.4 is 11.1 Å². The normalized spacial score (nSPS) is 20.9. The van der Waals surface area contributed by atoms with Crippen LogP contribution in [0.25, 0.3) is 5.95 Å². The van der Waals surface area contributed by atoms with Crippen molar-refractivity contribution in [1.29, 1.82) is 0 Å². The van der Waals surface area contributed by atoms with E-state index in [2.05, 4.69) is 25.4 Å². The van der Waals surface area contributed by atoms with Crippen LogP contribution in [0.4, 0.5) is 11.9 Å². The summed E-state index contributed by atoms with van der Waals surface area (Å²) >= 11 is 0. The van der Waals surface area contributed by atoms with Gasteiger partial charge in [-0.1, -0.05) is 0 Å². The van der Waals surface area contributed by atoms with E-state index in [1.807, 2.05) is 0 Å². The third kappa shape index (κ3) is 2.69. The van der Waals surface area contributed by atoms with Crippen molar-refractivity contribution in [3.8, 4) is 5.95 Å². The quantitative estimate of drug-likeness (QED) is 0.756. The largest absolute Gasteiger partial charge is 0.368 e. The van der Waals surface area contributed by atoms with E-state index in [1.165, 1.54) is 4.68 Å². The molecule has 3 rings (SSSR count). The third-order valence-corrected chi connectivity index (χ3v) is 4.68. The van der Waals surface area contributed by atoms with Crippen LogP contribution in [0.3, 0.4) is 0 Å². The summed E-state index contributed by atoms with van der Waals surface area (Å²) in [4.78, 5) is 12.1. The van der Waals surface area contributed by atoms with E-state index in [0.29, 0.717) is 6.42 Å². The fourth-order valence-electron chi connectivity index (χ4n) is 2.03. The summed E-state index contributed by atoms with van der Waals surface area (Å²) in [5, 5.41) is 6.99. The minimum atomic E-state index is -2.96. The first-order valence-electron chi connectivity index (χ1n) is 6.00. The van der Waals surface area contributed by atoms with Crippen LogP contribution in [-0.2, 0) is 9.84 Å². The molecule has 1 unspecified atom stereocenters. The van der Waals surface area contributed by atoms with Crippen molar-refractivity contribution in [2.24, 2.45) is 0 Å². The lowest BCUT2D eigenvalue weighted by molar-refractivity contribution is 0.602. The van der Waals surface area contributed by atoms with Gasteiger partial charge in [0.2, 0.25) is 11.9 Å². The van der Waals surface area contributed by atoms with Crippen molar-refractivity contribution in [3.05, 3.63) is 18.5 Å². The van der Waals surface area contributed by atoms with Crippen LogP contribution in [0.1, 0.15) is 6.42 Å². The van der Waals surface area contributed by atoms with Gasteiger partial charge in [0.15, 0.2) is 9.84 Å². The Morgan fingerprint density at radius 2 is 2.20 bits per heavy atom. The lowest BCUT2D eigenvalue weighted by Crippen LogP contribution is -2.23. The number of rotatable bonds is 3. The summed E-state index contributed by atoms with van der Waals surface area (Å²) in [6.07, 6.45) is 3.81. The average molecular weight is 295 g/mol. The van der Waals surface area contributed by atoms with Gasteiger partial charge in [-0.3, -0.25) is 0 Å². The average Bonchev–Trinajstić information content (AvgIpc) is 2.98. The molecule has 3 N–H and O–H groups in total. The molecule has 0 spiro atoms. The molecule has 1 atom stereocenters. The summed E-state index contributed by atoms with van der Waals surface area (Å²) in [6, 6.07) is 1.53. The minimum Gasteiger partial charge on any atom is -0.368 e. The van der Waals surface area contributed by atoms with E-state index in [1.54, 1.807) is 18.5 Å². The first kappa shape index (κ1) is 12.8. The number of nitrogens with two attached hydrogens (primary N) is 1. The monoisotopic (exact) mass is 295 g/mol. The highest BCUT2D eigenvalue weighted by molar-refractivity contribution is 7.91. The number of sulfone groups is 1. The fraction of sp³-hybridized carbons (Fsp3) is 0.400. The van der Waals surface area contributed by atoms with Gasteiger partial charge in [0, 0.05) is 18.4 Å². The molecule has 0 bridgehead atoms. The van der Waals surface area contributed by atoms with Gasteiger partial charge in [-0.05, 0) is 12.5 Å². The van der Waals surface area contributed by atoms with Crippen molar-refractivity contribution < 1.29 is 8.42 Å². The number of nitrogens with zero attached hydrogens (tertiary/aromatic N) is 5. The number of anilines is 2. The molecule has 1 aliphatic rings. The van der Waals surface area contributed by atoms with Crippen molar-refractivity contribution in [2.75, 3.05) is 22.6 Å². The number of aromatic nitrogens is 5. The molecule has 0 aromatic carbocycles. The molecule has 20 heavy (non-hydrogen) atoms. The maximum atomic E-state index is 11.4. The van der Waals surface area contributed by atoms with E-state index in [4.69, 9.17) is 5.73 Å². The first-order valence-corrected chi connectivity index (χ1v) is 7.82. The van der Waals surface area contributed by atoms with Gasteiger partial charge in [-0.2, -0.15) is 20.1 Å². The van der Waals surface area contributed by atoms with Gasteiger partial charge in [0.25, 0.3) is 5.95 Å². The second kappa shape index (κ2) is 4.71. The van der Waals surface area contributed by atoms with E-state index >= 15 is 0 Å². The molecule has 0 radical (unpaired) electrons. The Hall–Kier alpha value is -2.23. The molecular formula is C10H13N7O2S. The maximum absolute atomic E-state index is 11.4. The van der Waals surface area contributed by atoms with E-state index < -0.39 is 9.84 Å². The van der Waals surface area contributed by atoms with Crippen LogP contribution >= 0.6 is 0 Å². The zero-order chi connectivity index (χ0) is 14.2. The summed E-state index contributed by atoms with van der Waals surface area (Å²) in [7, 11) is -2.96. The van der Waals surface area contributed by atoms with Crippen LogP contribution in [0.5, 0.6) is 0 Å². The highest BCUT2D eigenvalue weighted by atomic mass is 32.2. The fourth-order valence-corrected chi connectivity index (χ4v) is 3.70. The molecule has 0 amide bonds. The molecule has 1 fully saturated rings. The highest BCUT2D eigenvalue weighted by Crippen LogP contribution is 2.16. The molecule has 1 saturated heterocycles. The van der Waals surface area contributed by atoms with E-state index in [0.717, 1.165) is 0 Å². The molecule has 0 aliphatic carbocycles. The summed E-state index contributed by atoms with van der Waals surface area (Å²) in [5.41, 5.74) is 5.63. The van der Waals surface area contributed by atoms with Crippen LogP contribution in [0.15, 0.2) is 18.5 Å².